The van der Waals surface area contributed by atoms with E-state index >= 15 is 0 Å². The SMILES string of the molecule is CC(C)(CCN)c1c(Cl)cccc1Cl. The van der Waals surface area contributed by atoms with Gasteiger partial charge in [-0.25, -0.2) is 0 Å². The second kappa shape index (κ2) is 4.52. The minimum atomic E-state index is -0.0653. The summed E-state index contributed by atoms with van der Waals surface area (Å²) in [6.45, 7) is 4.84. The van der Waals surface area contributed by atoms with Crippen molar-refractivity contribution in [3.8, 4) is 0 Å². The van der Waals surface area contributed by atoms with Gasteiger partial charge < -0.3 is 5.73 Å². The van der Waals surface area contributed by atoms with Crippen LogP contribution in [-0.4, -0.2) is 6.54 Å². The second-order valence-corrected chi connectivity index (χ2v) is 4.83. The lowest BCUT2D eigenvalue weighted by molar-refractivity contribution is 0.488. The highest BCUT2D eigenvalue weighted by Crippen LogP contribution is 2.37. The van der Waals surface area contributed by atoms with E-state index in [0.29, 0.717) is 6.54 Å². The quantitative estimate of drug-likeness (QED) is 0.846. The second-order valence-electron chi connectivity index (χ2n) is 4.02. The molecule has 0 spiro atoms. The van der Waals surface area contributed by atoms with Crippen molar-refractivity contribution in [2.24, 2.45) is 5.73 Å². The van der Waals surface area contributed by atoms with Crippen LogP contribution in [0.4, 0.5) is 0 Å². The molecule has 0 radical (unpaired) electrons. The molecular formula is C11H15Cl2N. The van der Waals surface area contributed by atoms with Gasteiger partial charge in [0.25, 0.3) is 0 Å². The molecule has 0 aliphatic heterocycles. The van der Waals surface area contributed by atoms with Gasteiger partial charge in [-0.3, -0.25) is 0 Å². The number of nitrogens with two attached hydrogens (primary N) is 1. The Kier molecular flexibility index (Phi) is 3.82. The lowest BCUT2D eigenvalue weighted by atomic mass is 9.81. The molecule has 1 rings (SSSR count). The maximum atomic E-state index is 6.12. The minimum absolute atomic E-state index is 0.0653. The topological polar surface area (TPSA) is 26.0 Å². The van der Waals surface area contributed by atoms with E-state index in [4.69, 9.17) is 28.9 Å². The van der Waals surface area contributed by atoms with Crippen molar-refractivity contribution in [1.82, 2.24) is 0 Å². The van der Waals surface area contributed by atoms with Crippen molar-refractivity contribution in [3.05, 3.63) is 33.8 Å². The third-order valence-corrected chi connectivity index (χ3v) is 3.04. The normalized spacial score (nSPS) is 11.8. The molecule has 0 atom stereocenters. The molecule has 0 amide bonds. The van der Waals surface area contributed by atoms with Crippen LogP contribution >= 0.6 is 23.2 Å². The number of hydrogen-bond donors (Lipinski definition) is 1. The van der Waals surface area contributed by atoms with Gasteiger partial charge in [-0.15, -0.1) is 0 Å². The highest BCUT2D eigenvalue weighted by Gasteiger charge is 2.24. The van der Waals surface area contributed by atoms with E-state index < -0.39 is 0 Å². The molecule has 14 heavy (non-hydrogen) atoms. The van der Waals surface area contributed by atoms with Crippen LogP contribution in [0, 0.1) is 0 Å². The molecule has 3 heteroatoms. The minimum Gasteiger partial charge on any atom is -0.330 e. The van der Waals surface area contributed by atoms with Crippen LogP contribution in [-0.2, 0) is 5.41 Å². The van der Waals surface area contributed by atoms with Gasteiger partial charge in [0.2, 0.25) is 0 Å². The number of halogens is 2. The van der Waals surface area contributed by atoms with Crippen molar-refractivity contribution < 1.29 is 0 Å². The summed E-state index contributed by atoms with van der Waals surface area (Å²) in [6, 6.07) is 5.58. The first-order valence-corrected chi connectivity index (χ1v) is 5.39. The fourth-order valence-electron chi connectivity index (χ4n) is 1.63. The zero-order valence-corrected chi connectivity index (χ0v) is 9.99. The van der Waals surface area contributed by atoms with Crippen molar-refractivity contribution in [1.29, 1.82) is 0 Å². The molecule has 0 aliphatic rings. The molecule has 0 aromatic heterocycles. The molecule has 78 valence electrons. The van der Waals surface area contributed by atoms with Crippen LogP contribution in [0.25, 0.3) is 0 Å². The highest BCUT2D eigenvalue weighted by atomic mass is 35.5. The Balaban J connectivity index is 3.17. The Hall–Kier alpha value is -0.240. The molecule has 0 aliphatic carbocycles. The largest absolute Gasteiger partial charge is 0.330 e. The molecule has 1 aromatic rings. The van der Waals surface area contributed by atoms with E-state index in [1.165, 1.54) is 0 Å². The van der Waals surface area contributed by atoms with E-state index in [1.807, 2.05) is 18.2 Å². The Bertz CT molecular complexity index is 301. The summed E-state index contributed by atoms with van der Waals surface area (Å²) in [5.41, 5.74) is 6.49. The van der Waals surface area contributed by atoms with Gasteiger partial charge in [-0.2, -0.15) is 0 Å². The Labute approximate surface area is 95.2 Å². The molecule has 0 saturated heterocycles. The lowest BCUT2D eigenvalue weighted by Crippen LogP contribution is -2.22. The van der Waals surface area contributed by atoms with Crippen molar-refractivity contribution in [2.75, 3.05) is 6.54 Å². The van der Waals surface area contributed by atoms with Crippen LogP contribution < -0.4 is 5.73 Å². The smallest absolute Gasteiger partial charge is 0.0458 e. The summed E-state index contributed by atoms with van der Waals surface area (Å²) in [4.78, 5) is 0. The molecule has 0 unspecified atom stereocenters. The third-order valence-electron chi connectivity index (χ3n) is 2.41. The first kappa shape index (κ1) is 11.8. The van der Waals surface area contributed by atoms with E-state index in [1.54, 1.807) is 0 Å². The number of rotatable bonds is 3. The maximum absolute atomic E-state index is 6.12. The zero-order valence-electron chi connectivity index (χ0n) is 8.48. The van der Waals surface area contributed by atoms with Gasteiger partial charge in [-0.05, 0) is 36.1 Å². The molecule has 2 N–H and O–H groups in total. The first-order chi connectivity index (χ1) is 6.49. The van der Waals surface area contributed by atoms with Crippen LogP contribution in [0.2, 0.25) is 10.0 Å². The maximum Gasteiger partial charge on any atom is 0.0458 e. The van der Waals surface area contributed by atoms with Gasteiger partial charge in [0.05, 0.1) is 0 Å². The van der Waals surface area contributed by atoms with Gasteiger partial charge in [0.15, 0.2) is 0 Å². The Morgan fingerprint density at radius 1 is 1.21 bits per heavy atom. The summed E-state index contributed by atoms with van der Waals surface area (Å²) in [7, 11) is 0. The van der Waals surface area contributed by atoms with Crippen molar-refractivity contribution in [3.63, 3.8) is 0 Å². The summed E-state index contributed by atoms with van der Waals surface area (Å²) in [5, 5.41) is 1.44. The molecule has 0 bridgehead atoms. The zero-order chi connectivity index (χ0) is 10.8. The standard InChI is InChI=1S/C11H15Cl2N/c1-11(2,6-7-14)10-8(12)4-3-5-9(10)13/h3-5H,6-7,14H2,1-2H3. The van der Waals surface area contributed by atoms with E-state index in [-0.39, 0.29) is 5.41 Å². The Morgan fingerprint density at radius 3 is 2.14 bits per heavy atom. The van der Waals surface area contributed by atoms with Crippen molar-refractivity contribution >= 4 is 23.2 Å². The van der Waals surface area contributed by atoms with Gasteiger partial charge in [0, 0.05) is 10.0 Å². The van der Waals surface area contributed by atoms with E-state index in [9.17, 15) is 0 Å². The summed E-state index contributed by atoms with van der Waals surface area (Å²) in [5.74, 6) is 0. The van der Waals surface area contributed by atoms with Gasteiger partial charge in [0.1, 0.15) is 0 Å². The monoisotopic (exact) mass is 231 g/mol. The molecule has 0 saturated carbocycles. The third kappa shape index (κ3) is 2.41. The van der Waals surface area contributed by atoms with Crippen LogP contribution in [0.3, 0.4) is 0 Å². The molecule has 1 nitrogen and oxygen atoms in total. The highest BCUT2D eigenvalue weighted by molar-refractivity contribution is 6.36. The van der Waals surface area contributed by atoms with Crippen LogP contribution in [0.5, 0.6) is 0 Å². The summed E-state index contributed by atoms with van der Waals surface area (Å²) in [6.07, 6.45) is 0.871. The molecule has 0 fully saturated rings. The summed E-state index contributed by atoms with van der Waals surface area (Å²) < 4.78 is 0. The van der Waals surface area contributed by atoms with Crippen molar-refractivity contribution in [2.45, 2.75) is 25.7 Å². The average molecular weight is 232 g/mol. The number of hydrogen-bond acceptors (Lipinski definition) is 1. The average Bonchev–Trinajstić information content (AvgIpc) is 2.02. The molecular weight excluding hydrogens is 217 g/mol. The molecule has 0 heterocycles. The Morgan fingerprint density at radius 2 is 1.71 bits per heavy atom. The predicted molar refractivity (Wildman–Crippen MR) is 63.2 cm³/mol. The first-order valence-electron chi connectivity index (χ1n) is 4.63. The van der Waals surface area contributed by atoms with Crippen LogP contribution in [0.15, 0.2) is 18.2 Å². The van der Waals surface area contributed by atoms with Gasteiger partial charge >= 0.3 is 0 Å². The van der Waals surface area contributed by atoms with Crippen LogP contribution in [0.1, 0.15) is 25.8 Å². The fraction of sp³-hybridized carbons (Fsp3) is 0.455. The summed E-state index contributed by atoms with van der Waals surface area (Å²) >= 11 is 12.2. The number of benzene rings is 1. The molecule has 1 aromatic carbocycles. The van der Waals surface area contributed by atoms with E-state index in [0.717, 1.165) is 22.0 Å². The lowest BCUT2D eigenvalue weighted by Gasteiger charge is -2.26. The van der Waals surface area contributed by atoms with E-state index in [2.05, 4.69) is 13.8 Å². The fourth-order valence-corrected chi connectivity index (χ4v) is 2.54. The van der Waals surface area contributed by atoms with Gasteiger partial charge in [-0.1, -0.05) is 43.1 Å². The predicted octanol–water partition coefficient (Wildman–Crippen LogP) is 3.62.